The van der Waals surface area contributed by atoms with Crippen molar-refractivity contribution < 1.29 is 4.74 Å². The van der Waals surface area contributed by atoms with E-state index in [1.807, 2.05) is 29.5 Å². The number of hydrogen-bond donors (Lipinski definition) is 1. The van der Waals surface area contributed by atoms with Crippen molar-refractivity contribution in [3.05, 3.63) is 46.6 Å². The molecule has 4 nitrogen and oxygen atoms in total. The van der Waals surface area contributed by atoms with E-state index in [1.165, 1.54) is 22.2 Å². The number of aromatic nitrogens is 2. The lowest BCUT2D eigenvalue weighted by Crippen LogP contribution is -2.11. The van der Waals surface area contributed by atoms with E-state index in [-0.39, 0.29) is 6.04 Å². The van der Waals surface area contributed by atoms with Crippen molar-refractivity contribution in [3.63, 3.8) is 0 Å². The lowest BCUT2D eigenvalue weighted by Gasteiger charge is -2.20. The summed E-state index contributed by atoms with van der Waals surface area (Å²) in [6.07, 6.45) is 5.21. The van der Waals surface area contributed by atoms with Crippen LogP contribution in [0.2, 0.25) is 0 Å². The van der Waals surface area contributed by atoms with Crippen LogP contribution in [0.3, 0.4) is 0 Å². The molecule has 0 bridgehead atoms. The number of para-hydroxylation sites is 1. The normalized spacial score (nSPS) is 18.0. The highest BCUT2D eigenvalue weighted by atomic mass is 32.1. The number of methoxy groups -OCH3 is 1. The molecule has 0 saturated heterocycles. The smallest absolute Gasteiger partial charge is 0.138 e. The molecular formula is C20H23N3OS. The fraction of sp³-hybridized carbons (Fsp3) is 0.400. The van der Waals surface area contributed by atoms with Crippen LogP contribution in [-0.2, 0) is 12.8 Å². The van der Waals surface area contributed by atoms with Gasteiger partial charge in [0.2, 0.25) is 0 Å². The molecule has 0 spiro atoms. The molecule has 2 aromatic heterocycles. The van der Waals surface area contributed by atoms with Gasteiger partial charge in [0.25, 0.3) is 0 Å². The number of nitrogens with one attached hydrogen (secondary N) is 1. The first kappa shape index (κ1) is 16.3. The highest BCUT2D eigenvalue weighted by Crippen LogP contribution is 2.40. The van der Waals surface area contributed by atoms with Crippen molar-refractivity contribution in [1.29, 1.82) is 0 Å². The Kier molecular flexibility index (Phi) is 4.34. The second-order valence-corrected chi connectivity index (χ2v) is 7.95. The Bertz CT molecular complexity index is 905. The van der Waals surface area contributed by atoms with Crippen molar-refractivity contribution >= 4 is 27.4 Å². The Labute approximate surface area is 152 Å². The fourth-order valence-electron chi connectivity index (χ4n) is 3.69. The average Bonchev–Trinajstić information content (AvgIpc) is 2.99. The SMILES string of the molecule is COc1ccccc1C(C)Nc1ncnc2sc3c(c12)CCC(C)C3. The topological polar surface area (TPSA) is 47.0 Å². The standard InChI is InChI=1S/C20H23N3OS/c1-12-8-9-15-17(10-12)25-20-18(15)19(21-11-22-20)23-13(2)14-6-4-5-7-16(14)24-3/h4-7,11-13H,8-10H2,1-3H3,(H,21,22,23). The van der Waals surface area contributed by atoms with E-state index in [4.69, 9.17) is 4.74 Å². The Morgan fingerprint density at radius 2 is 2.12 bits per heavy atom. The summed E-state index contributed by atoms with van der Waals surface area (Å²) in [6, 6.07) is 8.23. The number of hydrogen-bond acceptors (Lipinski definition) is 5. The van der Waals surface area contributed by atoms with E-state index in [0.717, 1.165) is 40.7 Å². The largest absolute Gasteiger partial charge is 0.496 e. The van der Waals surface area contributed by atoms with Crippen molar-refractivity contribution in [1.82, 2.24) is 9.97 Å². The van der Waals surface area contributed by atoms with Crippen molar-refractivity contribution in [3.8, 4) is 5.75 Å². The summed E-state index contributed by atoms with van der Waals surface area (Å²) in [6.45, 7) is 4.48. The van der Waals surface area contributed by atoms with Gasteiger partial charge in [-0.3, -0.25) is 0 Å². The second-order valence-electron chi connectivity index (χ2n) is 6.86. The molecular weight excluding hydrogens is 330 g/mol. The number of anilines is 1. The van der Waals surface area contributed by atoms with Crippen LogP contribution in [0.5, 0.6) is 5.75 Å². The van der Waals surface area contributed by atoms with Crippen molar-refractivity contribution in [2.45, 2.75) is 39.2 Å². The van der Waals surface area contributed by atoms with Crippen LogP contribution in [0.25, 0.3) is 10.2 Å². The number of benzene rings is 1. The van der Waals surface area contributed by atoms with Gasteiger partial charge in [-0.25, -0.2) is 9.97 Å². The van der Waals surface area contributed by atoms with Crippen molar-refractivity contribution in [2.75, 3.05) is 12.4 Å². The molecule has 0 saturated carbocycles. The number of nitrogens with zero attached hydrogens (tertiary/aromatic N) is 2. The van der Waals surface area contributed by atoms with Gasteiger partial charge < -0.3 is 10.1 Å². The number of ether oxygens (including phenoxy) is 1. The first-order chi connectivity index (χ1) is 12.2. The molecule has 0 fully saturated rings. The molecule has 3 aromatic rings. The maximum Gasteiger partial charge on any atom is 0.138 e. The number of thiophene rings is 1. The summed E-state index contributed by atoms with van der Waals surface area (Å²) in [5.74, 6) is 2.60. The van der Waals surface area contributed by atoms with Crippen LogP contribution in [0.1, 0.15) is 42.3 Å². The van der Waals surface area contributed by atoms with Gasteiger partial charge in [0, 0.05) is 10.4 Å². The predicted molar refractivity (Wildman–Crippen MR) is 104 cm³/mol. The molecule has 130 valence electrons. The first-order valence-corrected chi connectivity index (χ1v) is 9.63. The molecule has 2 atom stereocenters. The summed E-state index contributed by atoms with van der Waals surface area (Å²) in [4.78, 5) is 11.7. The van der Waals surface area contributed by atoms with Crippen LogP contribution in [0.15, 0.2) is 30.6 Å². The molecule has 1 aliphatic carbocycles. The zero-order chi connectivity index (χ0) is 17.4. The molecule has 1 aliphatic rings. The van der Waals surface area contributed by atoms with E-state index in [0.29, 0.717) is 0 Å². The molecule has 0 radical (unpaired) electrons. The molecule has 25 heavy (non-hydrogen) atoms. The third kappa shape index (κ3) is 2.97. The molecule has 0 aliphatic heterocycles. The summed E-state index contributed by atoms with van der Waals surface area (Å²) >= 11 is 1.83. The van der Waals surface area contributed by atoms with Gasteiger partial charge in [-0.15, -0.1) is 11.3 Å². The third-order valence-corrected chi connectivity index (χ3v) is 6.21. The summed E-state index contributed by atoms with van der Waals surface area (Å²) in [7, 11) is 1.71. The monoisotopic (exact) mass is 353 g/mol. The highest BCUT2D eigenvalue weighted by Gasteiger charge is 2.23. The van der Waals surface area contributed by atoms with Gasteiger partial charge in [-0.1, -0.05) is 25.1 Å². The summed E-state index contributed by atoms with van der Waals surface area (Å²) in [5, 5.41) is 4.82. The first-order valence-electron chi connectivity index (χ1n) is 8.82. The lowest BCUT2D eigenvalue weighted by atomic mass is 9.89. The van der Waals surface area contributed by atoms with E-state index in [1.54, 1.807) is 13.4 Å². The minimum absolute atomic E-state index is 0.104. The molecule has 2 unspecified atom stereocenters. The van der Waals surface area contributed by atoms with Gasteiger partial charge >= 0.3 is 0 Å². The molecule has 5 heteroatoms. The van der Waals surface area contributed by atoms with Gasteiger partial charge in [0.1, 0.15) is 22.7 Å². The number of aryl methyl sites for hydroxylation is 1. The van der Waals surface area contributed by atoms with Gasteiger partial charge in [0.05, 0.1) is 18.5 Å². The Morgan fingerprint density at radius 1 is 1.28 bits per heavy atom. The van der Waals surface area contributed by atoms with Crippen LogP contribution < -0.4 is 10.1 Å². The van der Waals surface area contributed by atoms with Gasteiger partial charge in [-0.2, -0.15) is 0 Å². The Morgan fingerprint density at radius 3 is 2.96 bits per heavy atom. The van der Waals surface area contributed by atoms with Crippen LogP contribution >= 0.6 is 11.3 Å². The quantitative estimate of drug-likeness (QED) is 0.717. The van der Waals surface area contributed by atoms with E-state index >= 15 is 0 Å². The number of fused-ring (bicyclic) bond motifs is 3. The maximum atomic E-state index is 5.51. The molecule has 1 N–H and O–H groups in total. The summed E-state index contributed by atoms with van der Waals surface area (Å²) < 4.78 is 5.51. The zero-order valence-corrected chi connectivity index (χ0v) is 15.7. The van der Waals surface area contributed by atoms with Crippen LogP contribution in [0, 0.1) is 5.92 Å². The number of rotatable bonds is 4. The minimum Gasteiger partial charge on any atom is -0.496 e. The van der Waals surface area contributed by atoms with E-state index < -0.39 is 0 Å². The van der Waals surface area contributed by atoms with Crippen LogP contribution in [-0.4, -0.2) is 17.1 Å². The molecule has 0 amide bonds. The van der Waals surface area contributed by atoms with E-state index in [2.05, 4.69) is 35.2 Å². The predicted octanol–water partition coefficient (Wildman–Crippen LogP) is 5.00. The zero-order valence-electron chi connectivity index (χ0n) is 14.9. The fourth-order valence-corrected chi connectivity index (χ4v) is 5.04. The average molecular weight is 353 g/mol. The maximum absolute atomic E-state index is 5.51. The van der Waals surface area contributed by atoms with Gasteiger partial charge in [-0.05, 0) is 43.7 Å². The molecule has 2 heterocycles. The summed E-state index contributed by atoms with van der Waals surface area (Å²) in [5.41, 5.74) is 2.59. The van der Waals surface area contributed by atoms with Crippen molar-refractivity contribution in [2.24, 2.45) is 5.92 Å². The molecule has 4 rings (SSSR count). The second kappa shape index (κ2) is 6.64. The highest BCUT2D eigenvalue weighted by molar-refractivity contribution is 7.19. The Balaban J connectivity index is 1.72. The Hall–Kier alpha value is -2.14. The van der Waals surface area contributed by atoms with E-state index in [9.17, 15) is 0 Å². The van der Waals surface area contributed by atoms with Gasteiger partial charge in [0.15, 0.2) is 0 Å². The molecule has 1 aromatic carbocycles. The van der Waals surface area contributed by atoms with Crippen LogP contribution in [0.4, 0.5) is 5.82 Å². The lowest BCUT2D eigenvalue weighted by molar-refractivity contribution is 0.408. The third-order valence-electron chi connectivity index (χ3n) is 5.05. The minimum atomic E-state index is 0.104.